The molecule has 2 aromatic carbocycles. The highest BCUT2D eigenvalue weighted by Gasteiger charge is 2.42. The van der Waals surface area contributed by atoms with Crippen molar-refractivity contribution in [2.75, 3.05) is 0 Å². The average Bonchev–Trinajstić information content (AvgIpc) is 2.87. The Morgan fingerprint density at radius 2 is 1.44 bits per heavy atom. The number of pyridine rings is 1. The van der Waals surface area contributed by atoms with Crippen LogP contribution in [0.4, 0.5) is 0 Å². The van der Waals surface area contributed by atoms with Gasteiger partial charge in [0.1, 0.15) is 0 Å². The molecule has 7 nitrogen and oxygen atoms in total. The van der Waals surface area contributed by atoms with Gasteiger partial charge in [0.25, 0.3) is 5.56 Å². The number of benzene rings is 2. The van der Waals surface area contributed by atoms with Gasteiger partial charge in [0.05, 0.1) is 11.5 Å². The van der Waals surface area contributed by atoms with Crippen molar-refractivity contribution in [2.45, 2.75) is 18.9 Å². The van der Waals surface area contributed by atoms with E-state index in [2.05, 4.69) is 0 Å². The summed E-state index contributed by atoms with van der Waals surface area (Å²) in [5, 5.41) is 11.0. The second-order valence-corrected chi connectivity index (χ2v) is 8.33. The quantitative estimate of drug-likeness (QED) is 0.357. The van der Waals surface area contributed by atoms with Gasteiger partial charge in [-0.3, -0.25) is 18.7 Å². The molecule has 0 bridgehead atoms. The van der Waals surface area contributed by atoms with Crippen molar-refractivity contribution in [3.63, 3.8) is 0 Å². The molecule has 0 fully saturated rings. The zero-order valence-electron chi connectivity index (χ0n) is 19.3. The molecule has 1 N–H and O–H groups in total. The second-order valence-electron chi connectivity index (χ2n) is 8.33. The normalized spacial score (nSPS) is 12.8. The van der Waals surface area contributed by atoms with Gasteiger partial charge >= 0.3 is 5.69 Å². The first kappa shape index (κ1) is 22.9. The summed E-state index contributed by atoms with van der Waals surface area (Å²) in [6, 6.07) is 20.9. The number of nitrogens with zero attached hydrogens (tertiary/aromatic N) is 3. The highest BCUT2D eigenvalue weighted by molar-refractivity contribution is 5.98. The molecule has 7 heteroatoms. The number of aryl methyl sites for hydroxylation is 1. The molecule has 2 heterocycles. The van der Waals surface area contributed by atoms with E-state index < -0.39 is 29.1 Å². The molecule has 0 aliphatic heterocycles. The molecule has 2 unspecified atom stereocenters. The van der Waals surface area contributed by atoms with E-state index in [-0.39, 0.29) is 11.3 Å². The fourth-order valence-corrected chi connectivity index (χ4v) is 4.24. The third-order valence-electron chi connectivity index (χ3n) is 6.12. The lowest BCUT2D eigenvalue weighted by Crippen LogP contribution is -2.49. The third-order valence-corrected chi connectivity index (χ3v) is 6.12. The van der Waals surface area contributed by atoms with E-state index in [1.54, 1.807) is 53.4 Å². The first-order valence-electron chi connectivity index (χ1n) is 10.9. The Balaban J connectivity index is 2.08. The highest BCUT2D eigenvalue weighted by Crippen LogP contribution is 2.36. The number of aromatic hydroxyl groups is 1. The second kappa shape index (κ2) is 9.31. The number of rotatable bonds is 6. The molecule has 0 spiro atoms. The number of hydrogen-bond donors (Lipinski definition) is 1. The van der Waals surface area contributed by atoms with Gasteiger partial charge in [-0.25, -0.2) is 4.79 Å². The molecular weight excluding hydrogens is 430 g/mol. The van der Waals surface area contributed by atoms with Gasteiger partial charge in [-0.2, -0.15) is 4.57 Å². The lowest BCUT2D eigenvalue weighted by molar-refractivity contribution is -0.710. The van der Waals surface area contributed by atoms with Crippen LogP contribution in [0.2, 0.25) is 0 Å². The molecule has 2 atom stereocenters. The topological polar surface area (TPSA) is 85.2 Å². The van der Waals surface area contributed by atoms with Crippen LogP contribution >= 0.6 is 0 Å². The average molecular weight is 457 g/mol. The van der Waals surface area contributed by atoms with Gasteiger partial charge in [0.15, 0.2) is 12.4 Å². The Morgan fingerprint density at radius 3 is 2.06 bits per heavy atom. The van der Waals surface area contributed by atoms with E-state index in [0.717, 1.165) is 14.7 Å². The summed E-state index contributed by atoms with van der Waals surface area (Å²) >= 11 is 0. The van der Waals surface area contributed by atoms with E-state index >= 15 is 0 Å². The Kier molecular flexibility index (Phi) is 6.27. The van der Waals surface area contributed by atoms with Gasteiger partial charge < -0.3 is 5.11 Å². The molecule has 0 aliphatic carbocycles. The van der Waals surface area contributed by atoms with Gasteiger partial charge in [0.2, 0.25) is 17.7 Å². The molecule has 172 valence electrons. The van der Waals surface area contributed by atoms with Crippen LogP contribution < -0.4 is 15.8 Å². The summed E-state index contributed by atoms with van der Waals surface area (Å²) in [5.41, 5.74) is 0.850. The number of carbonyl (C=O) groups is 1. The first-order valence-corrected chi connectivity index (χ1v) is 10.9. The predicted octanol–water partition coefficient (Wildman–Crippen LogP) is 2.64. The predicted molar refractivity (Wildman–Crippen MR) is 128 cm³/mol. The molecule has 0 saturated heterocycles. The van der Waals surface area contributed by atoms with Crippen molar-refractivity contribution in [3.8, 4) is 5.88 Å². The van der Waals surface area contributed by atoms with Crippen molar-refractivity contribution < 1.29 is 14.5 Å². The van der Waals surface area contributed by atoms with Gasteiger partial charge in [-0.05, 0) is 12.5 Å². The minimum atomic E-state index is -0.901. The standard InChI is InChI=1S/C27H25N3O4/c1-18-12-14-19(15-13-18)21(22-25(32)28(2)27(34)29(3)26(22)33)23(30-16-8-5-9-17-30)24(31)20-10-6-4-7-11-20/h4-17,21,23H,1-3H3/p+1. The molecule has 0 saturated carbocycles. The molecular formula is C27H26N3O4+. The van der Waals surface area contributed by atoms with Crippen LogP contribution in [0.1, 0.15) is 39.0 Å². The van der Waals surface area contributed by atoms with Crippen molar-refractivity contribution in [1.82, 2.24) is 9.13 Å². The van der Waals surface area contributed by atoms with Gasteiger partial charge in [-0.1, -0.05) is 66.2 Å². The Bertz CT molecular complexity index is 1440. The molecule has 2 aromatic heterocycles. The molecule has 4 rings (SSSR count). The SMILES string of the molecule is Cc1ccc(C(c2c(O)n(C)c(=O)n(C)c2=O)C(C(=O)c2ccccc2)[n+]2ccccc2)cc1. The third kappa shape index (κ3) is 4.08. The minimum Gasteiger partial charge on any atom is -0.494 e. The number of Topliss-reactive ketones (excluding diaryl/α,β-unsaturated/α-hetero) is 1. The van der Waals surface area contributed by atoms with Gasteiger partial charge in [-0.15, -0.1) is 0 Å². The fourth-order valence-electron chi connectivity index (χ4n) is 4.24. The van der Waals surface area contributed by atoms with Crippen LogP contribution in [0.15, 0.2) is 94.8 Å². The fraction of sp³-hybridized carbons (Fsp3) is 0.185. The van der Waals surface area contributed by atoms with E-state index in [1.165, 1.54) is 14.1 Å². The maximum Gasteiger partial charge on any atom is 0.333 e. The maximum atomic E-state index is 14.0. The van der Waals surface area contributed by atoms with E-state index in [4.69, 9.17) is 0 Å². The van der Waals surface area contributed by atoms with Crippen LogP contribution in [0.5, 0.6) is 5.88 Å². The summed E-state index contributed by atoms with van der Waals surface area (Å²) in [7, 11) is 2.76. The summed E-state index contributed by atoms with van der Waals surface area (Å²) in [6.45, 7) is 1.94. The summed E-state index contributed by atoms with van der Waals surface area (Å²) in [5.74, 6) is -1.55. The van der Waals surface area contributed by atoms with Crippen molar-refractivity contribution in [2.24, 2.45) is 14.1 Å². The van der Waals surface area contributed by atoms with Crippen molar-refractivity contribution in [1.29, 1.82) is 0 Å². The smallest absolute Gasteiger partial charge is 0.333 e. The molecule has 0 amide bonds. The van der Waals surface area contributed by atoms with Crippen molar-refractivity contribution >= 4 is 5.78 Å². The molecule has 4 aromatic rings. The van der Waals surface area contributed by atoms with Crippen LogP contribution in [0, 0.1) is 6.92 Å². The minimum absolute atomic E-state index is 0.0147. The summed E-state index contributed by atoms with van der Waals surface area (Å²) in [6.07, 6.45) is 3.52. The summed E-state index contributed by atoms with van der Waals surface area (Å²) in [4.78, 5) is 39.8. The zero-order valence-corrected chi connectivity index (χ0v) is 19.3. The lowest BCUT2D eigenvalue weighted by Gasteiger charge is -2.24. The van der Waals surface area contributed by atoms with Crippen molar-refractivity contribution in [3.05, 3.63) is 128 Å². The van der Waals surface area contributed by atoms with Gasteiger partial charge in [0, 0.05) is 31.8 Å². The maximum absolute atomic E-state index is 14.0. The number of aromatic nitrogens is 3. The Labute approximate surface area is 196 Å². The monoisotopic (exact) mass is 456 g/mol. The van der Waals surface area contributed by atoms with E-state index in [1.807, 2.05) is 43.3 Å². The van der Waals surface area contributed by atoms with Crippen LogP contribution in [0.3, 0.4) is 0 Å². The van der Waals surface area contributed by atoms with E-state index in [9.17, 15) is 19.5 Å². The Hall–Kier alpha value is -4.26. The molecule has 34 heavy (non-hydrogen) atoms. The van der Waals surface area contributed by atoms with Crippen LogP contribution in [-0.2, 0) is 14.1 Å². The highest BCUT2D eigenvalue weighted by atomic mass is 16.3. The Morgan fingerprint density at radius 1 is 0.853 bits per heavy atom. The zero-order chi connectivity index (χ0) is 24.4. The largest absolute Gasteiger partial charge is 0.494 e. The number of carbonyl (C=O) groups excluding carboxylic acids is 1. The summed E-state index contributed by atoms with van der Waals surface area (Å²) < 4.78 is 3.72. The number of ketones is 1. The lowest BCUT2D eigenvalue weighted by atomic mass is 9.81. The van der Waals surface area contributed by atoms with E-state index in [0.29, 0.717) is 11.1 Å². The molecule has 0 aliphatic rings. The first-order chi connectivity index (χ1) is 16.3. The van der Waals surface area contributed by atoms with Crippen LogP contribution in [-0.4, -0.2) is 20.0 Å². The molecule has 0 radical (unpaired) electrons. The van der Waals surface area contributed by atoms with Crippen LogP contribution in [0.25, 0.3) is 0 Å². The number of hydrogen-bond acceptors (Lipinski definition) is 4.